The summed E-state index contributed by atoms with van der Waals surface area (Å²) in [4.78, 5) is 31.2. The predicted molar refractivity (Wildman–Crippen MR) is 114 cm³/mol. The fourth-order valence-electron chi connectivity index (χ4n) is 3.56. The predicted octanol–water partition coefficient (Wildman–Crippen LogP) is 4.64. The van der Waals surface area contributed by atoms with E-state index >= 15 is 0 Å². The molecule has 1 saturated heterocycles. The van der Waals surface area contributed by atoms with Gasteiger partial charge in [0.05, 0.1) is 17.8 Å². The number of aromatic nitrogens is 1. The van der Waals surface area contributed by atoms with Crippen LogP contribution in [-0.2, 0) is 4.79 Å². The highest BCUT2D eigenvalue weighted by Gasteiger charge is 2.29. The summed E-state index contributed by atoms with van der Waals surface area (Å²) in [5, 5.41) is 2.81. The van der Waals surface area contributed by atoms with Crippen molar-refractivity contribution in [3.05, 3.63) is 84.1 Å². The van der Waals surface area contributed by atoms with E-state index in [9.17, 15) is 18.4 Å². The Hall–Kier alpha value is -3.81. The van der Waals surface area contributed by atoms with Crippen LogP contribution in [0.3, 0.4) is 0 Å². The van der Waals surface area contributed by atoms with E-state index in [1.165, 1.54) is 48.7 Å². The molecule has 1 N–H and O–H groups in total. The van der Waals surface area contributed by atoms with Crippen molar-refractivity contribution >= 4 is 17.5 Å². The van der Waals surface area contributed by atoms with Gasteiger partial charge in [-0.3, -0.25) is 9.59 Å². The van der Waals surface area contributed by atoms with Crippen molar-refractivity contribution in [2.45, 2.75) is 12.8 Å². The van der Waals surface area contributed by atoms with E-state index in [2.05, 4.69) is 10.3 Å². The first-order valence-electron chi connectivity index (χ1n) is 10.2. The molecule has 4 rings (SSSR count). The second kappa shape index (κ2) is 9.55. The number of carbonyl (C=O) groups excluding carboxylic acids is 2. The topological polar surface area (TPSA) is 71.5 Å². The van der Waals surface area contributed by atoms with Crippen LogP contribution in [0.2, 0.25) is 0 Å². The summed E-state index contributed by atoms with van der Waals surface area (Å²) in [6, 6.07) is 14.3. The third-order valence-electron chi connectivity index (χ3n) is 5.19. The Balaban J connectivity index is 1.34. The van der Waals surface area contributed by atoms with Gasteiger partial charge in [-0.15, -0.1) is 0 Å². The lowest BCUT2D eigenvalue weighted by Gasteiger charge is -2.32. The minimum Gasteiger partial charge on any atom is -0.439 e. The van der Waals surface area contributed by atoms with Crippen LogP contribution >= 0.6 is 0 Å². The molecule has 1 atom stereocenters. The number of piperidine rings is 1. The van der Waals surface area contributed by atoms with E-state index in [0.717, 1.165) is 0 Å². The van der Waals surface area contributed by atoms with Gasteiger partial charge in [0, 0.05) is 30.8 Å². The number of halogens is 2. The Morgan fingerprint density at radius 1 is 1.03 bits per heavy atom. The number of ether oxygens (including phenoxy) is 1. The molecular formula is C24H21F2N3O3. The summed E-state index contributed by atoms with van der Waals surface area (Å²) in [6.07, 6.45) is 2.81. The van der Waals surface area contributed by atoms with Crippen LogP contribution < -0.4 is 10.1 Å². The third kappa shape index (κ3) is 5.26. The first-order valence-corrected chi connectivity index (χ1v) is 10.2. The van der Waals surface area contributed by atoms with E-state index in [-0.39, 0.29) is 30.2 Å². The number of likely N-dealkylation sites (tertiary alicyclic amines) is 1. The molecule has 8 heteroatoms. The Kier molecular flexibility index (Phi) is 6.39. The molecule has 32 heavy (non-hydrogen) atoms. The van der Waals surface area contributed by atoms with Crippen LogP contribution in [0.15, 0.2) is 66.9 Å². The van der Waals surface area contributed by atoms with Crippen molar-refractivity contribution in [1.82, 2.24) is 9.88 Å². The summed E-state index contributed by atoms with van der Waals surface area (Å²) in [5.74, 6) is -1.02. The SMILES string of the molecule is O=C(Nc1ccc(Oc2cccc(F)c2)nc1)[C@@H]1CCCN(C(=O)c2ccc(F)cc2)C1. The number of hydrogen-bond donors (Lipinski definition) is 1. The second-order valence-corrected chi connectivity index (χ2v) is 7.53. The number of nitrogens with zero attached hydrogens (tertiary/aromatic N) is 2. The second-order valence-electron chi connectivity index (χ2n) is 7.53. The summed E-state index contributed by atoms with van der Waals surface area (Å²) in [7, 11) is 0. The van der Waals surface area contributed by atoms with Crippen LogP contribution in [-0.4, -0.2) is 34.8 Å². The van der Waals surface area contributed by atoms with Crippen LogP contribution in [0.5, 0.6) is 11.6 Å². The van der Waals surface area contributed by atoms with Gasteiger partial charge in [-0.2, -0.15) is 0 Å². The maximum Gasteiger partial charge on any atom is 0.253 e. The van der Waals surface area contributed by atoms with Gasteiger partial charge < -0.3 is 15.0 Å². The fraction of sp³-hybridized carbons (Fsp3) is 0.208. The van der Waals surface area contributed by atoms with Gasteiger partial charge in [-0.05, 0) is 55.3 Å². The van der Waals surface area contributed by atoms with Crippen molar-refractivity contribution in [2.75, 3.05) is 18.4 Å². The first-order chi connectivity index (χ1) is 15.5. The van der Waals surface area contributed by atoms with Crippen LogP contribution in [0, 0.1) is 17.6 Å². The zero-order valence-corrected chi connectivity index (χ0v) is 17.1. The number of hydrogen-bond acceptors (Lipinski definition) is 4. The van der Waals surface area contributed by atoms with E-state index in [1.807, 2.05) is 0 Å². The molecule has 0 saturated carbocycles. The van der Waals surface area contributed by atoms with Crippen molar-refractivity contribution in [3.63, 3.8) is 0 Å². The number of amides is 2. The van der Waals surface area contributed by atoms with Gasteiger partial charge in [0.25, 0.3) is 5.91 Å². The van der Waals surface area contributed by atoms with Crippen LogP contribution in [0.4, 0.5) is 14.5 Å². The third-order valence-corrected chi connectivity index (χ3v) is 5.19. The lowest BCUT2D eigenvalue weighted by atomic mass is 9.96. The number of carbonyl (C=O) groups is 2. The van der Waals surface area contributed by atoms with Gasteiger partial charge in [0.15, 0.2) is 0 Å². The zero-order valence-electron chi connectivity index (χ0n) is 17.1. The van der Waals surface area contributed by atoms with Gasteiger partial charge in [0.1, 0.15) is 17.4 Å². The number of rotatable bonds is 5. The number of anilines is 1. The molecule has 1 fully saturated rings. The smallest absolute Gasteiger partial charge is 0.253 e. The zero-order chi connectivity index (χ0) is 22.5. The molecule has 1 aliphatic rings. The van der Waals surface area contributed by atoms with Gasteiger partial charge in [0.2, 0.25) is 11.8 Å². The molecule has 2 aromatic carbocycles. The monoisotopic (exact) mass is 437 g/mol. The van der Waals surface area contributed by atoms with Crippen molar-refractivity contribution in [1.29, 1.82) is 0 Å². The van der Waals surface area contributed by atoms with Gasteiger partial charge >= 0.3 is 0 Å². The molecule has 3 aromatic rings. The standard InChI is InChI=1S/C24H21F2N3O3/c25-18-8-6-16(7-9-18)24(31)29-12-2-3-17(15-29)23(30)28-20-10-11-22(27-14-20)32-21-5-1-4-19(26)13-21/h1,4-11,13-14,17H,2-3,12,15H2,(H,28,30)/t17-/m1/s1. The molecule has 0 aliphatic carbocycles. The van der Waals surface area contributed by atoms with Crippen molar-refractivity contribution in [2.24, 2.45) is 5.92 Å². The van der Waals surface area contributed by atoms with E-state index in [1.54, 1.807) is 23.1 Å². The maximum atomic E-state index is 13.3. The average molecular weight is 437 g/mol. The molecule has 0 unspecified atom stereocenters. The molecule has 6 nitrogen and oxygen atoms in total. The Labute approximate surface area is 183 Å². The van der Waals surface area contributed by atoms with E-state index in [4.69, 9.17) is 4.74 Å². The molecule has 164 valence electrons. The van der Waals surface area contributed by atoms with Gasteiger partial charge in [-0.25, -0.2) is 13.8 Å². The molecule has 1 aliphatic heterocycles. The quantitative estimate of drug-likeness (QED) is 0.631. The van der Waals surface area contributed by atoms with E-state index in [0.29, 0.717) is 36.4 Å². The Morgan fingerprint density at radius 3 is 2.56 bits per heavy atom. The number of benzene rings is 2. The summed E-state index contributed by atoms with van der Waals surface area (Å²) >= 11 is 0. The lowest BCUT2D eigenvalue weighted by Crippen LogP contribution is -2.43. The highest BCUT2D eigenvalue weighted by atomic mass is 19.1. The molecule has 0 spiro atoms. The fourth-order valence-corrected chi connectivity index (χ4v) is 3.56. The van der Waals surface area contributed by atoms with Crippen molar-refractivity contribution < 1.29 is 23.1 Å². The minimum absolute atomic E-state index is 0.206. The summed E-state index contributed by atoms with van der Waals surface area (Å²) < 4.78 is 31.9. The molecule has 0 bridgehead atoms. The van der Waals surface area contributed by atoms with Crippen LogP contribution in [0.25, 0.3) is 0 Å². The largest absolute Gasteiger partial charge is 0.439 e. The normalized spacial score (nSPS) is 15.8. The Bertz CT molecular complexity index is 1100. The highest BCUT2D eigenvalue weighted by molar-refractivity contribution is 5.96. The van der Waals surface area contributed by atoms with Crippen LogP contribution in [0.1, 0.15) is 23.2 Å². The molecular weight excluding hydrogens is 416 g/mol. The number of pyridine rings is 1. The van der Waals surface area contributed by atoms with Crippen molar-refractivity contribution in [3.8, 4) is 11.6 Å². The summed E-state index contributed by atoms with van der Waals surface area (Å²) in [6.45, 7) is 0.837. The minimum atomic E-state index is -0.411. The average Bonchev–Trinajstić information content (AvgIpc) is 2.80. The highest BCUT2D eigenvalue weighted by Crippen LogP contribution is 2.23. The molecule has 2 amide bonds. The first kappa shape index (κ1) is 21.4. The lowest BCUT2D eigenvalue weighted by molar-refractivity contribution is -0.121. The molecule has 0 radical (unpaired) electrons. The number of nitrogens with one attached hydrogen (secondary N) is 1. The van der Waals surface area contributed by atoms with Gasteiger partial charge in [-0.1, -0.05) is 6.07 Å². The summed E-state index contributed by atoms with van der Waals surface area (Å²) in [5.41, 5.74) is 0.883. The Morgan fingerprint density at radius 2 is 1.84 bits per heavy atom. The maximum absolute atomic E-state index is 13.3. The van der Waals surface area contributed by atoms with E-state index < -0.39 is 11.6 Å². The molecule has 1 aromatic heterocycles. The molecule has 2 heterocycles.